The molecule has 5 rings (SSSR count). The Hall–Kier alpha value is -3.94. The summed E-state index contributed by atoms with van der Waals surface area (Å²) in [5.41, 5.74) is 6.32. The minimum Gasteiger partial charge on any atom is -0.322 e. The summed E-state index contributed by atoms with van der Waals surface area (Å²) in [6, 6.07) is 30.1. The number of nitrogens with one attached hydrogen (secondary N) is 2. The zero-order chi connectivity index (χ0) is 28.8. The van der Waals surface area contributed by atoms with Crippen LogP contribution in [0.3, 0.4) is 0 Å². The lowest BCUT2D eigenvalue weighted by Gasteiger charge is -2.32. The molecule has 0 bridgehead atoms. The molecule has 1 aliphatic rings. The van der Waals surface area contributed by atoms with Crippen molar-refractivity contribution in [3.8, 4) is 0 Å². The minimum absolute atomic E-state index is 0.127. The van der Waals surface area contributed by atoms with Crippen molar-refractivity contribution in [1.29, 1.82) is 0 Å². The maximum atomic E-state index is 12.8. The Labute approximate surface area is 243 Å². The second kappa shape index (κ2) is 12.7. The molecule has 2 N–H and O–H groups in total. The highest BCUT2D eigenvalue weighted by atomic mass is 32.2. The van der Waals surface area contributed by atoms with E-state index in [9.17, 15) is 13.2 Å². The number of carbonyl (C=O) groups is 1. The van der Waals surface area contributed by atoms with Crippen molar-refractivity contribution in [2.75, 3.05) is 23.1 Å². The average Bonchev–Trinajstić information content (AvgIpc) is 2.97. The van der Waals surface area contributed by atoms with Gasteiger partial charge in [-0.15, -0.1) is 0 Å². The SMILES string of the molecule is Cc1ccc(NS(=O)(=O)c2ccc(NC(=O)c3ccc(CN4CCC(Cc5ccccc5)CC4)cc3)cc2)cc1C. The number of carbonyl (C=O) groups excluding carboxylic acids is 1. The van der Waals surface area contributed by atoms with Gasteiger partial charge >= 0.3 is 0 Å². The maximum absolute atomic E-state index is 12.8. The second-order valence-electron chi connectivity index (χ2n) is 11.0. The third-order valence-electron chi connectivity index (χ3n) is 7.88. The number of rotatable bonds is 9. The van der Waals surface area contributed by atoms with Gasteiger partial charge in [0.05, 0.1) is 4.90 Å². The van der Waals surface area contributed by atoms with E-state index in [0.29, 0.717) is 16.9 Å². The number of hydrogen-bond donors (Lipinski definition) is 2. The molecular formula is C34H37N3O3S. The first-order valence-corrected chi connectivity index (χ1v) is 15.6. The fourth-order valence-corrected chi connectivity index (χ4v) is 6.31. The van der Waals surface area contributed by atoms with Crippen LogP contribution in [0.1, 0.15) is 45.5 Å². The standard InChI is InChI=1S/C34H37N3O3S/c1-25-8-13-32(22-26(25)2)36-41(39,40)33-16-14-31(15-17-33)35-34(38)30-11-9-29(10-12-30)24-37-20-18-28(19-21-37)23-27-6-4-3-5-7-27/h3-17,22,28,36H,18-21,23-24H2,1-2H3,(H,35,38). The molecule has 4 aromatic carbocycles. The van der Waals surface area contributed by atoms with Crippen molar-refractivity contribution in [2.24, 2.45) is 5.92 Å². The van der Waals surface area contributed by atoms with Crippen LogP contribution in [-0.4, -0.2) is 32.3 Å². The summed E-state index contributed by atoms with van der Waals surface area (Å²) >= 11 is 0. The van der Waals surface area contributed by atoms with Crippen molar-refractivity contribution in [3.63, 3.8) is 0 Å². The summed E-state index contributed by atoms with van der Waals surface area (Å²) < 4.78 is 28.2. The van der Waals surface area contributed by atoms with Crippen LogP contribution in [0.25, 0.3) is 0 Å². The molecule has 1 aliphatic heterocycles. The fraction of sp³-hybridized carbons (Fsp3) is 0.265. The van der Waals surface area contributed by atoms with Gasteiger partial charge in [-0.25, -0.2) is 8.42 Å². The Morgan fingerprint density at radius 3 is 2.10 bits per heavy atom. The van der Waals surface area contributed by atoms with Gasteiger partial charge in [-0.3, -0.25) is 14.4 Å². The summed E-state index contributed by atoms with van der Waals surface area (Å²) in [7, 11) is -3.74. The van der Waals surface area contributed by atoms with E-state index in [-0.39, 0.29) is 10.8 Å². The number of likely N-dealkylation sites (tertiary alicyclic amines) is 1. The highest BCUT2D eigenvalue weighted by molar-refractivity contribution is 7.92. The van der Waals surface area contributed by atoms with Crippen LogP contribution >= 0.6 is 0 Å². The van der Waals surface area contributed by atoms with Crippen molar-refractivity contribution < 1.29 is 13.2 Å². The molecule has 6 nitrogen and oxygen atoms in total. The molecular weight excluding hydrogens is 530 g/mol. The van der Waals surface area contributed by atoms with E-state index >= 15 is 0 Å². The van der Waals surface area contributed by atoms with Crippen LogP contribution in [0.2, 0.25) is 0 Å². The summed E-state index contributed by atoms with van der Waals surface area (Å²) in [5.74, 6) is 0.504. The molecule has 4 aromatic rings. The Bertz CT molecular complexity index is 1580. The maximum Gasteiger partial charge on any atom is 0.261 e. The Morgan fingerprint density at radius 1 is 0.780 bits per heavy atom. The fourth-order valence-electron chi connectivity index (χ4n) is 5.26. The molecule has 0 aromatic heterocycles. The molecule has 0 aliphatic carbocycles. The molecule has 212 valence electrons. The normalized spacial score (nSPS) is 14.5. The van der Waals surface area contributed by atoms with Gasteiger partial charge in [-0.2, -0.15) is 0 Å². The van der Waals surface area contributed by atoms with Gasteiger partial charge in [-0.1, -0.05) is 48.5 Å². The molecule has 0 saturated carbocycles. The van der Waals surface area contributed by atoms with E-state index in [1.165, 1.54) is 36.1 Å². The largest absolute Gasteiger partial charge is 0.322 e. The quantitative estimate of drug-likeness (QED) is 0.233. The van der Waals surface area contributed by atoms with Gasteiger partial charge in [0.2, 0.25) is 0 Å². The zero-order valence-corrected chi connectivity index (χ0v) is 24.5. The van der Waals surface area contributed by atoms with Crippen molar-refractivity contribution in [2.45, 2.75) is 44.6 Å². The predicted octanol–water partition coefficient (Wildman–Crippen LogP) is 6.81. The summed E-state index contributed by atoms with van der Waals surface area (Å²) in [5, 5.41) is 2.86. The van der Waals surface area contributed by atoms with Gasteiger partial charge < -0.3 is 5.32 Å². The van der Waals surface area contributed by atoms with Gasteiger partial charge in [0, 0.05) is 23.5 Å². The number of amides is 1. The Morgan fingerprint density at radius 2 is 1.44 bits per heavy atom. The van der Waals surface area contributed by atoms with E-state index in [1.54, 1.807) is 18.2 Å². The smallest absolute Gasteiger partial charge is 0.261 e. The van der Waals surface area contributed by atoms with Gasteiger partial charge in [0.25, 0.3) is 15.9 Å². The van der Waals surface area contributed by atoms with Crippen LogP contribution in [0.5, 0.6) is 0 Å². The highest BCUT2D eigenvalue weighted by Crippen LogP contribution is 2.24. The first-order valence-electron chi connectivity index (χ1n) is 14.1. The summed E-state index contributed by atoms with van der Waals surface area (Å²) in [6.45, 7) is 6.98. The molecule has 7 heteroatoms. The van der Waals surface area contributed by atoms with Gasteiger partial charge in [-0.05, 0) is 123 Å². The lowest BCUT2D eigenvalue weighted by Crippen LogP contribution is -2.33. The third-order valence-corrected chi connectivity index (χ3v) is 9.28. The van der Waals surface area contributed by atoms with Crippen molar-refractivity contribution in [3.05, 3.63) is 125 Å². The number of sulfonamides is 1. The first kappa shape index (κ1) is 28.6. The summed E-state index contributed by atoms with van der Waals surface area (Å²) in [4.78, 5) is 15.4. The highest BCUT2D eigenvalue weighted by Gasteiger charge is 2.20. The number of nitrogens with zero attached hydrogens (tertiary/aromatic N) is 1. The van der Waals surface area contributed by atoms with Crippen LogP contribution in [0.4, 0.5) is 11.4 Å². The number of piperidine rings is 1. The molecule has 1 saturated heterocycles. The monoisotopic (exact) mass is 567 g/mol. The van der Waals surface area contributed by atoms with Crippen LogP contribution < -0.4 is 10.0 Å². The minimum atomic E-state index is -3.74. The Balaban J connectivity index is 1.11. The third kappa shape index (κ3) is 7.63. The van der Waals surface area contributed by atoms with Gasteiger partial charge in [0.15, 0.2) is 0 Å². The van der Waals surface area contributed by atoms with E-state index in [2.05, 4.69) is 45.3 Å². The molecule has 0 atom stereocenters. The molecule has 1 heterocycles. The van der Waals surface area contributed by atoms with E-state index < -0.39 is 10.0 Å². The second-order valence-corrected chi connectivity index (χ2v) is 12.7. The van der Waals surface area contributed by atoms with Crippen molar-refractivity contribution >= 4 is 27.3 Å². The number of aryl methyl sites for hydroxylation is 2. The molecule has 41 heavy (non-hydrogen) atoms. The van der Waals surface area contributed by atoms with Crippen LogP contribution in [0.15, 0.2) is 102 Å². The number of hydrogen-bond acceptors (Lipinski definition) is 4. The summed E-state index contributed by atoms with van der Waals surface area (Å²) in [6.07, 6.45) is 3.56. The molecule has 0 spiro atoms. The number of anilines is 2. The van der Waals surface area contributed by atoms with Gasteiger partial charge in [0.1, 0.15) is 0 Å². The van der Waals surface area contributed by atoms with Crippen LogP contribution in [-0.2, 0) is 23.0 Å². The molecule has 0 radical (unpaired) electrons. The lowest BCUT2D eigenvalue weighted by atomic mass is 9.90. The predicted molar refractivity (Wildman–Crippen MR) is 166 cm³/mol. The zero-order valence-electron chi connectivity index (χ0n) is 23.6. The first-order chi connectivity index (χ1) is 19.7. The lowest BCUT2D eigenvalue weighted by molar-refractivity contribution is 0.102. The topological polar surface area (TPSA) is 78.5 Å². The van der Waals surface area contributed by atoms with Crippen molar-refractivity contribution in [1.82, 2.24) is 4.90 Å². The number of benzene rings is 4. The van der Waals surface area contributed by atoms with E-state index in [1.807, 2.05) is 50.2 Å². The Kier molecular flexibility index (Phi) is 8.86. The van der Waals surface area contributed by atoms with E-state index in [0.717, 1.165) is 43.1 Å². The molecule has 1 amide bonds. The molecule has 0 unspecified atom stereocenters. The van der Waals surface area contributed by atoms with E-state index in [4.69, 9.17) is 0 Å². The average molecular weight is 568 g/mol. The van der Waals surface area contributed by atoms with Crippen LogP contribution in [0, 0.1) is 19.8 Å². The molecule has 1 fully saturated rings.